The summed E-state index contributed by atoms with van der Waals surface area (Å²) in [6.07, 6.45) is -2.15. The van der Waals surface area contributed by atoms with Crippen molar-refractivity contribution in [1.82, 2.24) is 19.5 Å². The Labute approximate surface area is 136 Å². The zero-order valence-electron chi connectivity index (χ0n) is 12.3. The van der Waals surface area contributed by atoms with E-state index < -0.39 is 31.1 Å². The van der Waals surface area contributed by atoms with E-state index in [2.05, 4.69) is 15.0 Å². The Balaban J connectivity index is 2.00. The molecule has 0 unspecified atom stereocenters. The molecule has 0 saturated carbocycles. The first kappa shape index (κ1) is 16.3. The second kappa shape index (κ2) is 6.54. The van der Waals surface area contributed by atoms with Crippen molar-refractivity contribution in [3.63, 3.8) is 0 Å². The Morgan fingerprint density at radius 3 is 2.91 bits per heavy atom. The van der Waals surface area contributed by atoms with Crippen LogP contribution in [-0.2, 0) is 4.74 Å². The lowest BCUT2D eigenvalue weighted by atomic mass is 10.0. The number of aromatic nitrogens is 4. The van der Waals surface area contributed by atoms with E-state index in [1.807, 2.05) is 6.92 Å². The molecule has 0 amide bonds. The van der Waals surface area contributed by atoms with Gasteiger partial charge in [0, 0.05) is 6.42 Å². The summed E-state index contributed by atoms with van der Waals surface area (Å²) in [5.41, 5.74) is 0.805. The second-order valence-electron chi connectivity index (χ2n) is 5.16. The summed E-state index contributed by atoms with van der Waals surface area (Å²) < 4.78 is 12.6. The highest BCUT2D eigenvalue weighted by Gasteiger charge is 2.37. The van der Waals surface area contributed by atoms with Gasteiger partial charge >= 0.3 is 0 Å². The minimum absolute atomic E-state index is 0.00204. The van der Waals surface area contributed by atoms with Crippen LogP contribution >= 0.6 is 11.6 Å². The quantitative estimate of drug-likeness (QED) is 0.656. The smallest absolute Gasteiger partial charge is 0.246 e. The van der Waals surface area contributed by atoms with Crippen molar-refractivity contribution in [3.8, 4) is 5.88 Å². The maximum Gasteiger partial charge on any atom is 0.246 e. The minimum Gasteiger partial charge on any atom is -0.476 e. The van der Waals surface area contributed by atoms with Gasteiger partial charge in [-0.1, -0.05) is 0 Å². The Kier molecular flexibility index (Phi) is 4.64. The molecule has 0 aromatic carbocycles. The molecule has 0 bridgehead atoms. The van der Waals surface area contributed by atoms with E-state index in [0.717, 1.165) is 0 Å². The Morgan fingerprint density at radius 1 is 1.43 bits per heavy atom. The number of aliphatic hydroxyl groups is 3. The molecule has 0 aliphatic carbocycles. The van der Waals surface area contributed by atoms with E-state index in [4.69, 9.17) is 21.1 Å². The molecule has 1 saturated heterocycles. The molecule has 0 spiro atoms. The van der Waals surface area contributed by atoms with Crippen LogP contribution in [0.3, 0.4) is 0 Å². The molecule has 10 heteroatoms. The predicted molar refractivity (Wildman–Crippen MR) is 79.1 cm³/mol. The Bertz CT molecular complexity index is 696. The van der Waals surface area contributed by atoms with E-state index in [9.17, 15) is 15.3 Å². The summed E-state index contributed by atoms with van der Waals surface area (Å²) >= 11 is 5.92. The lowest BCUT2D eigenvalue weighted by molar-refractivity contribution is -0.200. The molecule has 4 atom stereocenters. The van der Waals surface area contributed by atoms with Crippen LogP contribution in [0, 0.1) is 0 Å². The molecule has 0 radical (unpaired) electrons. The molecule has 1 fully saturated rings. The fourth-order valence-electron chi connectivity index (χ4n) is 2.58. The summed E-state index contributed by atoms with van der Waals surface area (Å²) in [5.74, 6) is 0.261. The molecule has 2 aromatic heterocycles. The van der Waals surface area contributed by atoms with Crippen LogP contribution in [-0.4, -0.2) is 66.4 Å². The summed E-state index contributed by atoms with van der Waals surface area (Å²) in [4.78, 5) is 12.3. The number of halogens is 1. The van der Waals surface area contributed by atoms with E-state index >= 15 is 0 Å². The molecule has 9 nitrogen and oxygen atoms in total. The van der Waals surface area contributed by atoms with Crippen LogP contribution in [0.4, 0.5) is 0 Å². The zero-order chi connectivity index (χ0) is 16.6. The van der Waals surface area contributed by atoms with Gasteiger partial charge in [-0.25, -0.2) is 4.98 Å². The number of imidazole rings is 1. The van der Waals surface area contributed by atoms with Crippen molar-refractivity contribution in [2.75, 3.05) is 13.2 Å². The predicted octanol–water partition coefficient (Wildman–Crippen LogP) is -0.120. The minimum atomic E-state index is -1.15. The number of aliphatic hydroxyl groups excluding tert-OH is 3. The van der Waals surface area contributed by atoms with Crippen LogP contribution < -0.4 is 4.74 Å². The number of nitrogens with zero attached hydrogens (tertiary/aromatic N) is 4. The highest BCUT2D eigenvalue weighted by Crippen LogP contribution is 2.31. The fraction of sp³-hybridized carbons (Fsp3) is 0.615. The molecule has 1 aliphatic rings. The normalized spacial score (nSPS) is 28.2. The highest BCUT2D eigenvalue weighted by atomic mass is 35.5. The average Bonchev–Trinajstić information content (AvgIpc) is 2.94. The first-order valence-electron chi connectivity index (χ1n) is 7.20. The monoisotopic (exact) mass is 344 g/mol. The van der Waals surface area contributed by atoms with Crippen LogP contribution in [0.2, 0.25) is 5.28 Å². The lowest BCUT2D eigenvalue weighted by Crippen LogP contribution is -2.48. The van der Waals surface area contributed by atoms with Gasteiger partial charge in [-0.15, -0.1) is 0 Å². The Hall–Kier alpha value is -1.52. The van der Waals surface area contributed by atoms with Gasteiger partial charge < -0.3 is 24.8 Å². The summed E-state index contributed by atoms with van der Waals surface area (Å²) in [5, 5.41) is 29.0. The van der Waals surface area contributed by atoms with E-state index in [-0.39, 0.29) is 17.6 Å². The highest BCUT2D eigenvalue weighted by molar-refractivity contribution is 6.28. The summed E-state index contributed by atoms with van der Waals surface area (Å²) in [6.45, 7) is 1.79. The molecular weight excluding hydrogens is 328 g/mol. The van der Waals surface area contributed by atoms with Gasteiger partial charge in [0.05, 0.1) is 25.6 Å². The molecule has 3 N–H and O–H groups in total. The Morgan fingerprint density at radius 2 is 2.22 bits per heavy atom. The van der Waals surface area contributed by atoms with E-state index in [0.29, 0.717) is 17.8 Å². The first-order valence-corrected chi connectivity index (χ1v) is 7.58. The molecule has 23 heavy (non-hydrogen) atoms. The molecular formula is C13H17ClN4O5. The molecule has 2 aromatic rings. The topological polar surface area (TPSA) is 123 Å². The number of hydrogen-bond donors (Lipinski definition) is 3. The van der Waals surface area contributed by atoms with Crippen LogP contribution in [0.1, 0.15) is 19.6 Å². The molecule has 3 rings (SSSR count). The number of rotatable bonds is 4. The number of hydrogen-bond acceptors (Lipinski definition) is 8. The lowest BCUT2D eigenvalue weighted by Gasteiger charge is -2.36. The number of ether oxygens (including phenoxy) is 2. The fourth-order valence-corrected chi connectivity index (χ4v) is 2.73. The van der Waals surface area contributed by atoms with Gasteiger partial charge in [-0.2, -0.15) is 9.97 Å². The second-order valence-corrected chi connectivity index (χ2v) is 5.50. The number of fused-ring (bicyclic) bond motifs is 1. The van der Waals surface area contributed by atoms with E-state index in [1.54, 1.807) is 4.57 Å². The largest absolute Gasteiger partial charge is 0.476 e. The summed E-state index contributed by atoms with van der Waals surface area (Å²) in [7, 11) is 0. The van der Waals surface area contributed by atoms with Crippen molar-refractivity contribution in [1.29, 1.82) is 0 Å². The first-order chi connectivity index (χ1) is 11.0. The third-order valence-corrected chi connectivity index (χ3v) is 3.85. The standard InChI is InChI=1S/C13H17ClN4O5/c1-2-22-12-9-11(16-13(14)17-12)18(5-15-9)8-3-6(20)10(21)7(4-19)23-8/h5-8,10,19-21H,2-4H2,1H3/t6-,7-,8+,10+/m1/s1. The zero-order valence-corrected chi connectivity index (χ0v) is 13.1. The van der Waals surface area contributed by atoms with Crippen molar-refractivity contribution < 1.29 is 24.8 Å². The van der Waals surface area contributed by atoms with Gasteiger partial charge in [0.25, 0.3) is 0 Å². The van der Waals surface area contributed by atoms with Gasteiger partial charge in [-0.05, 0) is 18.5 Å². The summed E-state index contributed by atoms with van der Waals surface area (Å²) in [6, 6.07) is 0. The van der Waals surface area contributed by atoms with Crippen molar-refractivity contribution in [2.24, 2.45) is 0 Å². The van der Waals surface area contributed by atoms with Crippen molar-refractivity contribution in [3.05, 3.63) is 11.6 Å². The van der Waals surface area contributed by atoms with Crippen molar-refractivity contribution in [2.45, 2.75) is 37.9 Å². The maximum atomic E-state index is 9.96. The van der Waals surface area contributed by atoms with Gasteiger partial charge in [0.15, 0.2) is 11.2 Å². The van der Waals surface area contributed by atoms with Crippen LogP contribution in [0.25, 0.3) is 11.2 Å². The van der Waals surface area contributed by atoms with Gasteiger partial charge in [-0.3, -0.25) is 4.57 Å². The SMILES string of the molecule is CCOc1nc(Cl)nc2c1ncn2[C@@H]1C[C@@H](O)[C@H](O)[C@@H](CO)O1. The van der Waals surface area contributed by atoms with Crippen LogP contribution in [0.5, 0.6) is 5.88 Å². The third-order valence-electron chi connectivity index (χ3n) is 3.68. The molecule has 3 heterocycles. The van der Waals surface area contributed by atoms with E-state index in [1.165, 1.54) is 6.33 Å². The van der Waals surface area contributed by atoms with Crippen LogP contribution in [0.15, 0.2) is 6.33 Å². The molecule has 126 valence electrons. The maximum absolute atomic E-state index is 9.96. The molecule has 1 aliphatic heterocycles. The average molecular weight is 345 g/mol. The van der Waals surface area contributed by atoms with Gasteiger partial charge in [0.1, 0.15) is 18.4 Å². The van der Waals surface area contributed by atoms with Gasteiger partial charge in [0.2, 0.25) is 11.2 Å². The third kappa shape index (κ3) is 2.98. The van der Waals surface area contributed by atoms with Crippen molar-refractivity contribution >= 4 is 22.8 Å².